The van der Waals surface area contributed by atoms with Crippen LogP contribution in [0.2, 0.25) is 0 Å². The molecule has 1 aliphatic heterocycles. The van der Waals surface area contributed by atoms with Gasteiger partial charge in [-0.15, -0.1) is 0 Å². The van der Waals surface area contributed by atoms with Gasteiger partial charge in [-0.3, -0.25) is 5.10 Å². The van der Waals surface area contributed by atoms with Crippen molar-refractivity contribution < 1.29 is 19.0 Å². The summed E-state index contributed by atoms with van der Waals surface area (Å²) in [5.41, 5.74) is 6.17. The van der Waals surface area contributed by atoms with Gasteiger partial charge in [-0.1, -0.05) is 12.1 Å². The Bertz CT molecular complexity index is 1510. The highest BCUT2D eigenvalue weighted by molar-refractivity contribution is 6.06. The number of aromatic amines is 1. The first kappa shape index (κ1) is 20.6. The second-order valence-electron chi connectivity index (χ2n) is 8.67. The first-order chi connectivity index (χ1) is 16.6. The molecule has 0 radical (unpaired) electrons. The molecule has 2 N–H and O–H groups in total. The van der Waals surface area contributed by atoms with Crippen LogP contribution in [0.15, 0.2) is 66.9 Å². The number of nitrogens with zero attached hydrogens (tertiary/aromatic N) is 2. The van der Waals surface area contributed by atoms with Crippen molar-refractivity contribution in [1.82, 2.24) is 14.8 Å². The number of carboxylic acids is 1. The zero-order chi connectivity index (χ0) is 23.2. The molecule has 3 aromatic carbocycles. The number of rotatable bonds is 4. The van der Waals surface area contributed by atoms with Crippen molar-refractivity contribution >= 4 is 27.8 Å². The highest BCUT2D eigenvalue weighted by atomic mass is 19.1. The van der Waals surface area contributed by atoms with Crippen molar-refractivity contribution in [3.8, 4) is 16.8 Å². The predicted molar refractivity (Wildman–Crippen MR) is 128 cm³/mol. The molecule has 7 heteroatoms. The second kappa shape index (κ2) is 8.11. The van der Waals surface area contributed by atoms with Gasteiger partial charge in [-0.2, -0.15) is 5.10 Å². The smallest absolute Gasteiger partial charge is 0.335 e. The van der Waals surface area contributed by atoms with Crippen molar-refractivity contribution in [2.45, 2.75) is 18.8 Å². The standard InChI is InChI=1S/C27H22FN3O3/c28-20-5-7-21(8-6-20)31-24-13-19-15-29-30-23(19)14-22(24)25(26(31)17-9-11-34-12-10-17)16-1-3-18(4-2-16)27(32)33/h1-8,13-15,17H,9-12H2,(H,29,30)(H,32,33). The highest BCUT2D eigenvalue weighted by Crippen LogP contribution is 2.44. The van der Waals surface area contributed by atoms with Gasteiger partial charge >= 0.3 is 5.97 Å². The van der Waals surface area contributed by atoms with E-state index < -0.39 is 5.97 Å². The third-order valence-corrected chi connectivity index (χ3v) is 6.68. The number of aromatic nitrogens is 3. The van der Waals surface area contributed by atoms with Gasteiger partial charge in [0.1, 0.15) is 5.82 Å². The van der Waals surface area contributed by atoms with Gasteiger partial charge in [-0.05, 0) is 66.9 Å². The van der Waals surface area contributed by atoms with E-state index >= 15 is 0 Å². The van der Waals surface area contributed by atoms with E-state index in [-0.39, 0.29) is 17.3 Å². The van der Waals surface area contributed by atoms with E-state index in [0.717, 1.165) is 57.2 Å². The Kier molecular flexibility index (Phi) is 4.92. The number of nitrogens with one attached hydrogen (secondary N) is 1. The molecule has 1 saturated heterocycles. The van der Waals surface area contributed by atoms with E-state index in [0.29, 0.717) is 13.2 Å². The maximum absolute atomic E-state index is 13.8. The molecule has 6 rings (SSSR count). The lowest BCUT2D eigenvalue weighted by atomic mass is 9.89. The third kappa shape index (κ3) is 3.36. The second-order valence-corrected chi connectivity index (χ2v) is 8.67. The van der Waals surface area contributed by atoms with Crippen LogP contribution < -0.4 is 0 Å². The summed E-state index contributed by atoms with van der Waals surface area (Å²) in [5.74, 6) is -1.00. The molecule has 3 heterocycles. The number of hydrogen-bond donors (Lipinski definition) is 2. The van der Waals surface area contributed by atoms with Gasteiger partial charge in [0, 0.05) is 46.8 Å². The molecular formula is C27H22FN3O3. The predicted octanol–water partition coefficient (Wildman–Crippen LogP) is 5.91. The fraction of sp³-hybridized carbons (Fsp3) is 0.185. The minimum atomic E-state index is -0.955. The van der Waals surface area contributed by atoms with Gasteiger partial charge in [-0.25, -0.2) is 9.18 Å². The minimum absolute atomic E-state index is 0.233. The maximum atomic E-state index is 13.8. The Hall–Kier alpha value is -3.97. The zero-order valence-electron chi connectivity index (χ0n) is 18.3. The quantitative estimate of drug-likeness (QED) is 0.353. The molecule has 0 saturated carbocycles. The molecule has 0 amide bonds. The molecule has 0 aliphatic carbocycles. The van der Waals surface area contributed by atoms with Crippen molar-refractivity contribution in [3.63, 3.8) is 0 Å². The van der Waals surface area contributed by atoms with Gasteiger partial charge in [0.25, 0.3) is 0 Å². The molecule has 170 valence electrons. The van der Waals surface area contributed by atoms with Crippen LogP contribution in [0, 0.1) is 5.82 Å². The van der Waals surface area contributed by atoms with Gasteiger partial charge in [0.05, 0.1) is 22.8 Å². The molecule has 34 heavy (non-hydrogen) atoms. The summed E-state index contributed by atoms with van der Waals surface area (Å²) in [6, 6.07) is 17.8. The minimum Gasteiger partial charge on any atom is -0.478 e. The van der Waals surface area contributed by atoms with Crippen molar-refractivity contribution in [2.24, 2.45) is 0 Å². The maximum Gasteiger partial charge on any atom is 0.335 e. The number of fused-ring (bicyclic) bond motifs is 2. The number of benzene rings is 3. The topological polar surface area (TPSA) is 80.1 Å². The van der Waals surface area contributed by atoms with Crippen molar-refractivity contribution in [3.05, 3.63) is 83.9 Å². The molecule has 6 nitrogen and oxygen atoms in total. The Morgan fingerprint density at radius 1 is 1.06 bits per heavy atom. The Morgan fingerprint density at radius 3 is 2.50 bits per heavy atom. The first-order valence-corrected chi connectivity index (χ1v) is 11.3. The molecule has 2 aromatic heterocycles. The Morgan fingerprint density at radius 2 is 1.79 bits per heavy atom. The number of H-pyrrole nitrogens is 1. The van der Waals surface area contributed by atoms with Crippen LogP contribution in [0.25, 0.3) is 38.6 Å². The molecule has 5 aromatic rings. The molecule has 0 unspecified atom stereocenters. The van der Waals surface area contributed by atoms with Gasteiger partial charge in [0.15, 0.2) is 0 Å². The van der Waals surface area contributed by atoms with Crippen LogP contribution in [0.1, 0.15) is 34.8 Å². The molecule has 1 fully saturated rings. The molecule has 0 bridgehead atoms. The summed E-state index contributed by atoms with van der Waals surface area (Å²) in [7, 11) is 0. The fourth-order valence-electron chi connectivity index (χ4n) is 5.05. The van der Waals surface area contributed by atoms with Crippen LogP contribution >= 0.6 is 0 Å². The van der Waals surface area contributed by atoms with E-state index in [4.69, 9.17) is 4.74 Å². The van der Waals surface area contributed by atoms with Crippen LogP contribution in [0.3, 0.4) is 0 Å². The summed E-state index contributed by atoms with van der Waals surface area (Å²) in [6.45, 7) is 1.36. The molecule has 0 atom stereocenters. The number of carbonyl (C=O) groups is 1. The lowest BCUT2D eigenvalue weighted by Gasteiger charge is -2.26. The third-order valence-electron chi connectivity index (χ3n) is 6.68. The van der Waals surface area contributed by atoms with Gasteiger partial charge < -0.3 is 14.4 Å². The van der Waals surface area contributed by atoms with Crippen molar-refractivity contribution in [1.29, 1.82) is 0 Å². The summed E-state index contributed by atoms with van der Waals surface area (Å²) >= 11 is 0. The average Bonchev–Trinajstić information content (AvgIpc) is 3.45. The van der Waals surface area contributed by atoms with Crippen LogP contribution in [-0.2, 0) is 4.74 Å². The first-order valence-electron chi connectivity index (χ1n) is 11.3. The number of carboxylic acid groups (broad SMARTS) is 1. The lowest BCUT2D eigenvalue weighted by Crippen LogP contribution is -2.17. The fourth-order valence-corrected chi connectivity index (χ4v) is 5.05. The number of ether oxygens (including phenoxy) is 1. The normalized spacial score (nSPS) is 14.7. The summed E-state index contributed by atoms with van der Waals surface area (Å²) in [5, 5.41) is 18.7. The van der Waals surface area contributed by atoms with Crippen LogP contribution in [0.5, 0.6) is 0 Å². The van der Waals surface area contributed by atoms with E-state index in [2.05, 4.69) is 26.9 Å². The Labute approximate surface area is 194 Å². The SMILES string of the molecule is O=C(O)c1ccc(-c2c(C3CCOCC3)n(-c3ccc(F)cc3)c3cc4cn[nH]c4cc23)cc1. The molecular weight excluding hydrogens is 433 g/mol. The van der Waals surface area contributed by atoms with Crippen molar-refractivity contribution in [2.75, 3.05) is 13.2 Å². The zero-order valence-corrected chi connectivity index (χ0v) is 18.3. The lowest BCUT2D eigenvalue weighted by molar-refractivity contribution is 0.0697. The molecule has 1 aliphatic rings. The van der Waals surface area contributed by atoms with E-state index in [1.165, 1.54) is 12.1 Å². The summed E-state index contributed by atoms with van der Waals surface area (Å²) in [6.07, 6.45) is 3.54. The van der Waals surface area contributed by atoms with E-state index in [1.54, 1.807) is 30.5 Å². The monoisotopic (exact) mass is 455 g/mol. The summed E-state index contributed by atoms with van der Waals surface area (Å²) < 4.78 is 21.7. The summed E-state index contributed by atoms with van der Waals surface area (Å²) in [4.78, 5) is 11.4. The molecule has 0 spiro atoms. The number of halogens is 1. The van der Waals surface area contributed by atoms with Crippen LogP contribution in [0.4, 0.5) is 4.39 Å². The van der Waals surface area contributed by atoms with Gasteiger partial charge in [0.2, 0.25) is 0 Å². The van der Waals surface area contributed by atoms with Crippen LogP contribution in [-0.4, -0.2) is 39.1 Å². The highest BCUT2D eigenvalue weighted by Gasteiger charge is 2.28. The largest absolute Gasteiger partial charge is 0.478 e. The Balaban J connectivity index is 1.71. The van der Waals surface area contributed by atoms with E-state index in [9.17, 15) is 14.3 Å². The number of aromatic carboxylic acids is 1. The van der Waals surface area contributed by atoms with E-state index in [1.807, 2.05) is 12.1 Å². The average molecular weight is 455 g/mol. The number of hydrogen-bond acceptors (Lipinski definition) is 3.